The third kappa shape index (κ3) is 3.95. The van der Waals surface area contributed by atoms with E-state index in [0.29, 0.717) is 17.9 Å². The Labute approximate surface area is 138 Å². The maximum atomic E-state index is 10.9. The first kappa shape index (κ1) is 16.1. The van der Waals surface area contributed by atoms with Crippen LogP contribution in [0.5, 0.6) is 5.75 Å². The summed E-state index contributed by atoms with van der Waals surface area (Å²) >= 11 is 0. The number of rotatable bonds is 5. The monoisotopic (exact) mass is 346 g/mol. The Balaban J connectivity index is 2.03. The lowest BCUT2D eigenvalue weighted by atomic mass is 10.2. The van der Waals surface area contributed by atoms with Crippen LogP contribution < -0.4 is 4.52 Å². The summed E-state index contributed by atoms with van der Waals surface area (Å²) in [6.45, 7) is -0.943. The van der Waals surface area contributed by atoms with E-state index in [1.807, 2.05) is 61.5 Å². The number of hydrogen-bond acceptors (Lipinski definition) is 3. The van der Waals surface area contributed by atoms with Crippen LogP contribution in [0.1, 0.15) is 6.92 Å². The molecule has 3 rings (SSSR count). The van der Waals surface area contributed by atoms with E-state index in [1.54, 1.807) is 12.3 Å². The van der Waals surface area contributed by atoms with Gasteiger partial charge in [0, 0.05) is 23.7 Å². The number of fused-ring (bicyclic) bond motifs is 1. The highest BCUT2D eigenvalue weighted by Gasteiger charge is 2.34. The van der Waals surface area contributed by atoms with Gasteiger partial charge in [0.05, 0.1) is 6.61 Å². The molecule has 1 unspecified atom stereocenters. The second-order valence-corrected chi connectivity index (χ2v) is 8.68. The van der Waals surface area contributed by atoms with Gasteiger partial charge in [0.15, 0.2) is 5.75 Å². The lowest BCUT2D eigenvalue weighted by Gasteiger charge is -2.11. The van der Waals surface area contributed by atoms with Crippen LogP contribution in [0.2, 0.25) is 0 Å². The third-order valence-corrected chi connectivity index (χ3v) is 6.66. The second kappa shape index (κ2) is 7.20. The van der Waals surface area contributed by atoms with Crippen molar-refractivity contribution >= 4 is 28.6 Å². The molecule has 0 saturated heterocycles. The number of nitrogens with zero attached hydrogens (tertiary/aromatic N) is 1. The molecule has 3 aromatic rings. The van der Waals surface area contributed by atoms with Gasteiger partial charge >= 0.3 is 6.72 Å². The zero-order valence-corrected chi connectivity index (χ0v) is 14.3. The van der Waals surface area contributed by atoms with Gasteiger partial charge in [-0.1, -0.05) is 36.4 Å². The number of aromatic nitrogens is 1. The van der Waals surface area contributed by atoms with Gasteiger partial charge in [-0.25, -0.2) is 0 Å². The molecule has 4 nitrogen and oxygen atoms in total. The Kier molecular flexibility index (Phi) is 5.03. The van der Waals surface area contributed by atoms with E-state index in [2.05, 4.69) is 4.98 Å². The fraction of sp³-hybridized carbons (Fsp3) is 0.118. The zero-order valence-electron chi connectivity index (χ0n) is 12.6. The highest BCUT2D eigenvalue weighted by molar-refractivity contribution is 8.17. The minimum Gasteiger partial charge on any atom is -0.390 e. The average molecular weight is 346 g/mol. The largest absolute Gasteiger partial charge is 0.581 e. The molecule has 1 N–H and O–H groups in total. The van der Waals surface area contributed by atoms with Gasteiger partial charge in [0.25, 0.3) is 10.9 Å². The van der Waals surface area contributed by atoms with Gasteiger partial charge < -0.3 is 4.52 Å². The molecule has 0 aliphatic heterocycles. The van der Waals surface area contributed by atoms with Gasteiger partial charge in [0.1, 0.15) is 5.52 Å². The van der Waals surface area contributed by atoms with Crippen LogP contribution in [0.4, 0.5) is 0 Å². The molecule has 0 aliphatic carbocycles. The topological polar surface area (TPSA) is 51.6 Å². The lowest BCUT2D eigenvalue weighted by Crippen LogP contribution is -2.00. The Morgan fingerprint density at radius 2 is 1.83 bits per heavy atom. The maximum Gasteiger partial charge on any atom is 0.581 e. The fourth-order valence-electron chi connectivity index (χ4n) is 2.12. The van der Waals surface area contributed by atoms with Crippen molar-refractivity contribution in [3.63, 3.8) is 0 Å². The normalized spacial score (nSPS) is 13.5. The number of hydrogen-bond donors (Lipinski definition) is 1. The molecular weight excluding hydrogens is 329 g/mol. The average Bonchev–Trinajstić information content (AvgIpc) is 2.56. The van der Waals surface area contributed by atoms with Crippen molar-refractivity contribution in [2.45, 2.75) is 11.8 Å². The lowest BCUT2D eigenvalue weighted by molar-refractivity contribution is 0.271. The summed E-state index contributed by atoms with van der Waals surface area (Å²) in [5.41, 5.74) is 0.710. The van der Waals surface area contributed by atoms with Crippen LogP contribution in [-0.4, -0.2) is 16.5 Å². The predicted molar refractivity (Wildman–Crippen MR) is 95.2 cm³/mol. The molecule has 0 aliphatic rings. The highest BCUT2D eigenvalue weighted by atomic mass is 32.5. The molecule has 118 valence electrons. The molecule has 0 spiro atoms. The molecule has 6 heteroatoms. The molecule has 0 amide bonds. The zero-order chi connectivity index (χ0) is 16.1. The molecule has 0 bridgehead atoms. The van der Waals surface area contributed by atoms with E-state index in [4.69, 9.17) is 9.05 Å². The number of para-hydroxylation sites is 1. The second-order valence-electron chi connectivity index (χ2n) is 4.71. The number of benzene rings is 2. The van der Waals surface area contributed by atoms with E-state index >= 15 is 0 Å². The molecule has 2 aromatic carbocycles. The third-order valence-electron chi connectivity index (χ3n) is 3.07. The van der Waals surface area contributed by atoms with Crippen molar-refractivity contribution in [2.75, 3.05) is 6.61 Å². The van der Waals surface area contributed by atoms with Gasteiger partial charge in [-0.05, 0) is 19.1 Å². The molecule has 1 aromatic heterocycles. The van der Waals surface area contributed by atoms with E-state index < -0.39 is 6.72 Å². The van der Waals surface area contributed by atoms with Crippen LogP contribution in [-0.2, 0) is 15.5 Å². The summed E-state index contributed by atoms with van der Waals surface area (Å²) in [7, 11) is 1.21. The summed E-state index contributed by atoms with van der Waals surface area (Å²) in [6, 6.07) is 19.0. The van der Waals surface area contributed by atoms with Crippen LogP contribution in [0, 0.1) is 0 Å². The smallest absolute Gasteiger partial charge is 0.390 e. The first-order valence-electron chi connectivity index (χ1n) is 7.24. The summed E-state index contributed by atoms with van der Waals surface area (Å²) in [5.74, 6) is 0.524. The highest BCUT2D eigenvalue weighted by Crippen LogP contribution is 2.48. The minimum atomic E-state index is -3.14. The summed E-state index contributed by atoms with van der Waals surface area (Å²) in [5, 5.41) is 0.956. The van der Waals surface area contributed by atoms with E-state index in [1.165, 1.54) is 10.9 Å². The van der Waals surface area contributed by atoms with Crippen molar-refractivity contribution in [2.24, 2.45) is 0 Å². The van der Waals surface area contributed by atoms with Crippen LogP contribution in [0.25, 0.3) is 10.9 Å². The molecule has 0 fully saturated rings. The van der Waals surface area contributed by atoms with Gasteiger partial charge in [-0.15, -0.1) is 0 Å². The Bertz CT molecular complexity index is 849. The number of pyridine rings is 1. The molecule has 1 heterocycles. The summed E-state index contributed by atoms with van der Waals surface area (Å²) in [6.07, 6.45) is 1.71. The van der Waals surface area contributed by atoms with Crippen molar-refractivity contribution < 1.29 is 13.9 Å². The van der Waals surface area contributed by atoms with Crippen molar-refractivity contribution in [1.29, 1.82) is 0 Å². The van der Waals surface area contributed by atoms with Crippen molar-refractivity contribution in [1.82, 2.24) is 4.98 Å². The van der Waals surface area contributed by atoms with Crippen molar-refractivity contribution in [3.8, 4) is 5.75 Å². The Hall–Kier alpha value is -1.78. The van der Waals surface area contributed by atoms with Gasteiger partial charge in [-0.2, -0.15) is 0 Å². The predicted octanol–water partition coefficient (Wildman–Crippen LogP) is 4.46. The summed E-state index contributed by atoms with van der Waals surface area (Å²) in [4.78, 5) is 16.1. The van der Waals surface area contributed by atoms with Crippen LogP contribution >= 0.6 is 6.72 Å². The minimum absolute atomic E-state index is 0.363. The molecule has 0 radical (unpaired) electrons. The Morgan fingerprint density at radius 3 is 2.61 bits per heavy atom. The van der Waals surface area contributed by atoms with Gasteiger partial charge in [0.2, 0.25) is 4.90 Å². The SMILES string of the molecule is CCOP(O)(Oc1cccc2cccnc12)=[S+]c1ccccc1. The summed E-state index contributed by atoms with van der Waals surface area (Å²) < 4.78 is 11.5. The van der Waals surface area contributed by atoms with Crippen LogP contribution in [0.15, 0.2) is 71.8 Å². The first-order valence-corrected chi connectivity index (χ1v) is 10.2. The molecular formula is C17H17NO3PS+. The molecule has 23 heavy (non-hydrogen) atoms. The molecule has 1 atom stereocenters. The van der Waals surface area contributed by atoms with Gasteiger partial charge in [-0.3, -0.25) is 14.4 Å². The van der Waals surface area contributed by atoms with E-state index in [0.717, 1.165) is 10.3 Å². The quantitative estimate of drug-likeness (QED) is 0.547. The van der Waals surface area contributed by atoms with Crippen LogP contribution in [0.3, 0.4) is 0 Å². The Morgan fingerprint density at radius 1 is 1.04 bits per heavy atom. The maximum absolute atomic E-state index is 10.9. The molecule has 0 saturated carbocycles. The van der Waals surface area contributed by atoms with E-state index in [-0.39, 0.29) is 0 Å². The van der Waals surface area contributed by atoms with E-state index in [9.17, 15) is 4.89 Å². The fourth-order valence-corrected chi connectivity index (χ4v) is 5.52. The van der Waals surface area contributed by atoms with Crippen molar-refractivity contribution in [3.05, 3.63) is 66.9 Å². The first-order chi connectivity index (χ1) is 11.2. The standard InChI is InChI=1S/C17H17NO3PS/c1-2-20-22(19,23-15-10-4-3-5-11-15)21-16-12-6-8-14-9-7-13-18-17(14)16/h3-13,19H,2H2,1H3/q+1.